The van der Waals surface area contributed by atoms with Crippen LogP contribution in [-0.4, -0.2) is 10.1 Å². The normalized spacial score (nSPS) is 10.7. The van der Waals surface area contributed by atoms with Crippen molar-refractivity contribution >= 4 is 26.8 Å². The summed E-state index contributed by atoms with van der Waals surface area (Å²) in [5, 5.41) is 10.6. The zero-order valence-electron chi connectivity index (χ0n) is 7.79. The van der Waals surface area contributed by atoms with E-state index in [0.29, 0.717) is 5.75 Å². The van der Waals surface area contributed by atoms with Gasteiger partial charge in [0.1, 0.15) is 5.75 Å². The second-order valence-corrected chi connectivity index (χ2v) is 3.96. The van der Waals surface area contributed by atoms with E-state index in [0.717, 1.165) is 27.4 Å². The fourth-order valence-electron chi connectivity index (χ4n) is 1.62. The SMILES string of the molecule is CCc1c(Br)ccc2nccc(O)c12. The number of pyridine rings is 1. The molecular weight excluding hydrogens is 242 g/mol. The van der Waals surface area contributed by atoms with Gasteiger partial charge in [0, 0.05) is 16.1 Å². The molecule has 0 radical (unpaired) electrons. The van der Waals surface area contributed by atoms with Gasteiger partial charge in [-0.05, 0) is 30.2 Å². The number of hydrogen-bond donors (Lipinski definition) is 1. The van der Waals surface area contributed by atoms with Crippen LogP contribution in [-0.2, 0) is 6.42 Å². The summed E-state index contributed by atoms with van der Waals surface area (Å²) >= 11 is 3.47. The minimum atomic E-state index is 0.299. The third-order valence-corrected chi connectivity index (χ3v) is 3.03. The van der Waals surface area contributed by atoms with Crippen LogP contribution in [0.15, 0.2) is 28.9 Å². The van der Waals surface area contributed by atoms with Crippen LogP contribution in [0.2, 0.25) is 0 Å². The van der Waals surface area contributed by atoms with E-state index in [1.54, 1.807) is 12.3 Å². The maximum Gasteiger partial charge on any atom is 0.126 e. The number of fused-ring (bicyclic) bond motifs is 1. The summed E-state index contributed by atoms with van der Waals surface area (Å²) in [5.74, 6) is 0.299. The molecule has 0 aliphatic rings. The summed E-state index contributed by atoms with van der Waals surface area (Å²) in [6.45, 7) is 2.06. The number of aryl methyl sites for hydroxylation is 1. The first kappa shape index (κ1) is 9.46. The van der Waals surface area contributed by atoms with Crippen molar-refractivity contribution in [1.82, 2.24) is 4.98 Å². The Morgan fingerprint density at radius 3 is 2.86 bits per heavy atom. The molecule has 0 fully saturated rings. The maximum absolute atomic E-state index is 9.75. The molecule has 0 aliphatic heterocycles. The third-order valence-electron chi connectivity index (χ3n) is 2.29. The van der Waals surface area contributed by atoms with E-state index in [9.17, 15) is 5.11 Å². The maximum atomic E-state index is 9.75. The van der Waals surface area contributed by atoms with Crippen LogP contribution >= 0.6 is 15.9 Å². The predicted octanol–water partition coefficient (Wildman–Crippen LogP) is 3.27. The van der Waals surface area contributed by atoms with Gasteiger partial charge in [-0.1, -0.05) is 22.9 Å². The first-order valence-corrected chi connectivity index (χ1v) is 5.28. The molecule has 1 aromatic carbocycles. The van der Waals surface area contributed by atoms with Gasteiger partial charge in [-0.2, -0.15) is 0 Å². The molecule has 0 amide bonds. The molecule has 0 saturated heterocycles. The minimum Gasteiger partial charge on any atom is -0.507 e. The summed E-state index contributed by atoms with van der Waals surface area (Å²) in [6.07, 6.45) is 2.49. The Labute approximate surface area is 90.7 Å². The molecule has 72 valence electrons. The molecule has 0 aliphatic carbocycles. The average molecular weight is 252 g/mol. The lowest BCUT2D eigenvalue weighted by Crippen LogP contribution is -1.88. The highest BCUT2D eigenvalue weighted by Gasteiger charge is 2.08. The first-order chi connectivity index (χ1) is 6.74. The third kappa shape index (κ3) is 1.38. The van der Waals surface area contributed by atoms with E-state index in [2.05, 4.69) is 27.8 Å². The fourth-order valence-corrected chi connectivity index (χ4v) is 2.23. The topological polar surface area (TPSA) is 33.1 Å². The molecule has 1 aromatic heterocycles. The fraction of sp³-hybridized carbons (Fsp3) is 0.182. The smallest absolute Gasteiger partial charge is 0.126 e. The Bertz CT molecular complexity index is 482. The van der Waals surface area contributed by atoms with Crippen molar-refractivity contribution < 1.29 is 5.11 Å². The van der Waals surface area contributed by atoms with E-state index in [1.165, 1.54) is 0 Å². The van der Waals surface area contributed by atoms with Gasteiger partial charge >= 0.3 is 0 Å². The van der Waals surface area contributed by atoms with E-state index in [-0.39, 0.29) is 0 Å². The largest absolute Gasteiger partial charge is 0.507 e. The summed E-state index contributed by atoms with van der Waals surface area (Å²) in [4.78, 5) is 4.21. The van der Waals surface area contributed by atoms with E-state index >= 15 is 0 Å². The first-order valence-electron chi connectivity index (χ1n) is 4.49. The zero-order valence-corrected chi connectivity index (χ0v) is 9.37. The monoisotopic (exact) mass is 251 g/mol. The number of rotatable bonds is 1. The van der Waals surface area contributed by atoms with Crippen LogP contribution in [0.25, 0.3) is 10.9 Å². The Morgan fingerprint density at radius 1 is 1.36 bits per heavy atom. The molecule has 1 N–H and O–H groups in total. The van der Waals surface area contributed by atoms with Gasteiger partial charge < -0.3 is 5.11 Å². The second kappa shape index (κ2) is 3.58. The van der Waals surface area contributed by atoms with Crippen molar-refractivity contribution in [2.45, 2.75) is 13.3 Å². The minimum absolute atomic E-state index is 0.299. The van der Waals surface area contributed by atoms with Crippen molar-refractivity contribution in [1.29, 1.82) is 0 Å². The Morgan fingerprint density at radius 2 is 2.14 bits per heavy atom. The van der Waals surface area contributed by atoms with Crippen LogP contribution in [0, 0.1) is 0 Å². The summed E-state index contributed by atoms with van der Waals surface area (Å²) in [7, 11) is 0. The molecule has 1 heterocycles. The molecule has 3 heteroatoms. The van der Waals surface area contributed by atoms with Gasteiger partial charge in [-0.15, -0.1) is 0 Å². The number of nitrogens with zero attached hydrogens (tertiary/aromatic N) is 1. The number of halogens is 1. The van der Waals surface area contributed by atoms with Gasteiger partial charge in [0.05, 0.1) is 5.52 Å². The molecule has 0 atom stereocenters. The van der Waals surface area contributed by atoms with Gasteiger partial charge in [-0.25, -0.2) is 0 Å². The quantitative estimate of drug-likeness (QED) is 0.844. The van der Waals surface area contributed by atoms with Crippen molar-refractivity contribution in [3.63, 3.8) is 0 Å². The van der Waals surface area contributed by atoms with Crippen molar-refractivity contribution in [3.8, 4) is 5.75 Å². The van der Waals surface area contributed by atoms with E-state index in [1.807, 2.05) is 12.1 Å². The summed E-state index contributed by atoms with van der Waals surface area (Å²) in [5.41, 5.74) is 1.94. The molecule has 2 nitrogen and oxygen atoms in total. The highest BCUT2D eigenvalue weighted by atomic mass is 79.9. The molecular formula is C11H10BrNO. The molecule has 14 heavy (non-hydrogen) atoms. The van der Waals surface area contributed by atoms with Crippen molar-refractivity contribution in [3.05, 3.63) is 34.4 Å². The van der Waals surface area contributed by atoms with E-state index < -0.39 is 0 Å². The van der Waals surface area contributed by atoms with Crippen LogP contribution in [0.4, 0.5) is 0 Å². The summed E-state index contributed by atoms with van der Waals surface area (Å²) < 4.78 is 1.02. The summed E-state index contributed by atoms with van der Waals surface area (Å²) in [6, 6.07) is 5.49. The highest BCUT2D eigenvalue weighted by molar-refractivity contribution is 9.10. The van der Waals surface area contributed by atoms with Gasteiger partial charge in [0.25, 0.3) is 0 Å². The number of aromatic hydroxyl groups is 1. The van der Waals surface area contributed by atoms with Crippen LogP contribution in [0.5, 0.6) is 5.75 Å². The zero-order chi connectivity index (χ0) is 10.1. The second-order valence-electron chi connectivity index (χ2n) is 3.10. The van der Waals surface area contributed by atoms with Gasteiger partial charge in [-0.3, -0.25) is 4.98 Å². The molecule has 2 aromatic rings. The number of benzene rings is 1. The van der Waals surface area contributed by atoms with Gasteiger partial charge in [0.15, 0.2) is 0 Å². The Hall–Kier alpha value is -1.09. The van der Waals surface area contributed by atoms with Crippen molar-refractivity contribution in [2.24, 2.45) is 0 Å². The van der Waals surface area contributed by atoms with Crippen LogP contribution < -0.4 is 0 Å². The molecule has 0 bridgehead atoms. The van der Waals surface area contributed by atoms with Crippen molar-refractivity contribution in [2.75, 3.05) is 0 Å². The Kier molecular flexibility index (Phi) is 2.42. The molecule has 0 spiro atoms. The molecule has 2 rings (SSSR count). The molecule has 0 saturated carbocycles. The number of aromatic nitrogens is 1. The predicted molar refractivity (Wildman–Crippen MR) is 60.5 cm³/mol. The van der Waals surface area contributed by atoms with Crippen LogP contribution in [0.3, 0.4) is 0 Å². The standard InChI is InChI=1S/C11H10BrNO/c1-2-7-8(12)3-4-9-11(7)10(14)5-6-13-9/h3-6H,2H2,1H3,(H,13,14). The lowest BCUT2D eigenvalue weighted by Gasteiger charge is -2.07. The van der Waals surface area contributed by atoms with Crippen LogP contribution in [0.1, 0.15) is 12.5 Å². The Balaban J connectivity index is 2.91. The average Bonchev–Trinajstić information content (AvgIpc) is 2.19. The van der Waals surface area contributed by atoms with Gasteiger partial charge in [0.2, 0.25) is 0 Å². The van der Waals surface area contributed by atoms with E-state index in [4.69, 9.17) is 0 Å². The lowest BCUT2D eigenvalue weighted by atomic mass is 10.1. The molecule has 0 unspecified atom stereocenters. The highest BCUT2D eigenvalue weighted by Crippen LogP contribution is 2.31. The lowest BCUT2D eigenvalue weighted by molar-refractivity contribution is 0.481. The number of hydrogen-bond acceptors (Lipinski definition) is 2.